The Balaban J connectivity index is 2.63. The van der Waals surface area contributed by atoms with E-state index in [-0.39, 0.29) is 12.5 Å². The summed E-state index contributed by atoms with van der Waals surface area (Å²) in [6, 6.07) is 0.643. The maximum absolute atomic E-state index is 10.8. The molecule has 88 valence electrons. The van der Waals surface area contributed by atoms with E-state index in [0.29, 0.717) is 6.04 Å². The second-order valence-corrected chi connectivity index (χ2v) is 4.56. The predicted molar refractivity (Wildman–Crippen MR) is 60.0 cm³/mol. The van der Waals surface area contributed by atoms with Gasteiger partial charge in [0.15, 0.2) is 0 Å². The number of nitrogens with zero attached hydrogens (tertiary/aromatic N) is 2. The lowest BCUT2D eigenvalue weighted by Gasteiger charge is -2.44. The first-order valence-electron chi connectivity index (χ1n) is 5.70. The Kier molecular flexibility index (Phi) is 4.54. The number of aliphatic carboxylic acids is 1. The molecular formula is C11H22N2O2. The standard InChI is InChI=1S/C11H22N2O2/c1-4-5-13-9(2)7-12(3)8-10(13)6-11(14)15/h9-10H,4-8H2,1-3H3,(H,14,15). The molecule has 0 aliphatic carbocycles. The zero-order valence-electron chi connectivity index (χ0n) is 9.94. The molecule has 4 heteroatoms. The van der Waals surface area contributed by atoms with Gasteiger partial charge in [-0.3, -0.25) is 9.69 Å². The second-order valence-electron chi connectivity index (χ2n) is 4.56. The molecule has 0 radical (unpaired) electrons. The highest BCUT2D eigenvalue weighted by Gasteiger charge is 2.30. The molecule has 0 aromatic rings. The third-order valence-corrected chi connectivity index (χ3v) is 3.03. The van der Waals surface area contributed by atoms with Gasteiger partial charge in [-0.1, -0.05) is 6.92 Å². The first kappa shape index (κ1) is 12.5. The summed E-state index contributed by atoms with van der Waals surface area (Å²) >= 11 is 0. The fraction of sp³-hybridized carbons (Fsp3) is 0.909. The largest absolute Gasteiger partial charge is 0.481 e. The lowest BCUT2D eigenvalue weighted by molar-refractivity contribution is -0.139. The molecule has 0 spiro atoms. The molecular weight excluding hydrogens is 192 g/mol. The maximum atomic E-state index is 10.8. The molecule has 4 nitrogen and oxygen atoms in total. The molecule has 1 heterocycles. The molecule has 0 aromatic carbocycles. The van der Waals surface area contributed by atoms with Crippen LogP contribution >= 0.6 is 0 Å². The van der Waals surface area contributed by atoms with Crippen molar-refractivity contribution in [2.75, 3.05) is 26.7 Å². The van der Waals surface area contributed by atoms with E-state index >= 15 is 0 Å². The van der Waals surface area contributed by atoms with Gasteiger partial charge in [0.2, 0.25) is 0 Å². The third kappa shape index (κ3) is 3.47. The zero-order valence-corrected chi connectivity index (χ0v) is 9.94. The molecule has 1 N–H and O–H groups in total. The van der Waals surface area contributed by atoms with Gasteiger partial charge < -0.3 is 10.0 Å². The van der Waals surface area contributed by atoms with Crippen LogP contribution in [0, 0.1) is 0 Å². The SMILES string of the molecule is CCCN1C(C)CN(C)CC1CC(=O)O. The summed E-state index contributed by atoms with van der Waals surface area (Å²) < 4.78 is 0. The van der Waals surface area contributed by atoms with Crippen LogP contribution in [0.2, 0.25) is 0 Å². The van der Waals surface area contributed by atoms with Crippen LogP contribution in [0.15, 0.2) is 0 Å². The number of carbonyl (C=O) groups is 1. The van der Waals surface area contributed by atoms with E-state index in [1.54, 1.807) is 0 Å². The van der Waals surface area contributed by atoms with Crippen molar-refractivity contribution in [3.63, 3.8) is 0 Å². The van der Waals surface area contributed by atoms with E-state index in [0.717, 1.165) is 26.1 Å². The van der Waals surface area contributed by atoms with Gasteiger partial charge in [-0.2, -0.15) is 0 Å². The van der Waals surface area contributed by atoms with Gasteiger partial charge in [0, 0.05) is 25.2 Å². The van der Waals surface area contributed by atoms with Crippen molar-refractivity contribution in [2.24, 2.45) is 0 Å². The molecule has 2 atom stereocenters. The number of carboxylic acids is 1. The van der Waals surface area contributed by atoms with Crippen LogP contribution in [-0.4, -0.2) is 59.6 Å². The van der Waals surface area contributed by atoms with E-state index in [1.165, 1.54) is 0 Å². The van der Waals surface area contributed by atoms with Crippen LogP contribution in [0.1, 0.15) is 26.7 Å². The minimum Gasteiger partial charge on any atom is -0.481 e. The second kappa shape index (κ2) is 5.47. The number of piperazine rings is 1. The molecule has 0 saturated carbocycles. The van der Waals surface area contributed by atoms with Crippen molar-refractivity contribution in [2.45, 2.75) is 38.8 Å². The monoisotopic (exact) mass is 214 g/mol. The highest BCUT2D eigenvalue weighted by Crippen LogP contribution is 2.17. The summed E-state index contributed by atoms with van der Waals surface area (Å²) in [5, 5.41) is 8.88. The smallest absolute Gasteiger partial charge is 0.304 e. The average molecular weight is 214 g/mol. The first-order valence-corrected chi connectivity index (χ1v) is 5.70. The molecule has 1 fully saturated rings. The lowest BCUT2D eigenvalue weighted by atomic mass is 10.0. The number of hydrogen-bond acceptors (Lipinski definition) is 3. The van der Waals surface area contributed by atoms with Gasteiger partial charge in [-0.05, 0) is 26.9 Å². The summed E-state index contributed by atoms with van der Waals surface area (Å²) in [5.41, 5.74) is 0. The number of rotatable bonds is 4. The molecule has 0 aromatic heterocycles. The molecule has 1 rings (SSSR count). The quantitative estimate of drug-likeness (QED) is 0.754. The summed E-state index contributed by atoms with van der Waals surface area (Å²) in [7, 11) is 2.06. The Hall–Kier alpha value is -0.610. The average Bonchev–Trinajstić information content (AvgIpc) is 2.10. The Morgan fingerprint density at radius 2 is 2.13 bits per heavy atom. The third-order valence-electron chi connectivity index (χ3n) is 3.03. The Morgan fingerprint density at radius 1 is 1.47 bits per heavy atom. The predicted octanol–water partition coefficient (Wildman–Crippen LogP) is 0.876. The van der Waals surface area contributed by atoms with E-state index in [2.05, 4.69) is 30.7 Å². The summed E-state index contributed by atoms with van der Waals surface area (Å²) in [5.74, 6) is -0.691. The number of carboxylic acid groups (broad SMARTS) is 1. The van der Waals surface area contributed by atoms with Crippen LogP contribution in [0.25, 0.3) is 0 Å². The number of hydrogen-bond donors (Lipinski definition) is 1. The van der Waals surface area contributed by atoms with E-state index < -0.39 is 5.97 Å². The Labute approximate surface area is 91.9 Å². The highest BCUT2D eigenvalue weighted by molar-refractivity contribution is 5.67. The molecule has 1 aliphatic heterocycles. The van der Waals surface area contributed by atoms with E-state index in [1.807, 2.05) is 0 Å². The Bertz CT molecular complexity index is 221. The molecule has 2 unspecified atom stereocenters. The van der Waals surface area contributed by atoms with Gasteiger partial charge in [0.25, 0.3) is 0 Å². The first-order chi connectivity index (χ1) is 7.04. The van der Waals surface area contributed by atoms with Crippen molar-refractivity contribution in [1.82, 2.24) is 9.80 Å². The van der Waals surface area contributed by atoms with E-state index in [9.17, 15) is 4.79 Å². The fourth-order valence-corrected chi connectivity index (χ4v) is 2.50. The van der Waals surface area contributed by atoms with Crippen LogP contribution in [-0.2, 0) is 4.79 Å². The van der Waals surface area contributed by atoms with E-state index in [4.69, 9.17) is 5.11 Å². The van der Waals surface area contributed by atoms with Gasteiger partial charge >= 0.3 is 5.97 Å². The molecule has 1 aliphatic rings. The molecule has 1 saturated heterocycles. The van der Waals surface area contributed by atoms with Gasteiger partial charge in [-0.25, -0.2) is 0 Å². The van der Waals surface area contributed by atoms with Gasteiger partial charge in [0.05, 0.1) is 6.42 Å². The zero-order chi connectivity index (χ0) is 11.4. The van der Waals surface area contributed by atoms with Crippen LogP contribution in [0.5, 0.6) is 0 Å². The topological polar surface area (TPSA) is 43.8 Å². The molecule has 15 heavy (non-hydrogen) atoms. The fourth-order valence-electron chi connectivity index (χ4n) is 2.50. The minimum absolute atomic E-state index is 0.177. The van der Waals surface area contributed by atoms with Crippen molar-refractivity contribution in [1.29, 1.82) is 0 Å². The highest BCUT2D eigenvalue weighted by atomic mass is 16.4. The minimum atomic E-state index is -0.691. The van der Waals surface area contributed by atoms with Crippen molar-refractivity contribution in [3.05, 3.63) is 0 Å². The van der Waals surface area contributed by atoms with Crippen molar-refractivity contribution in [3.8, 4) is 0 Å². The van der Waals surface area contributed by atoms with Gasteiger partial charge in [0.1, 0.15) is 0 Å². The van der Waals surface area contributed by atoms with Crippen LogP contribution in [0.4, 0.5) is 0 Å². The summed E-state index contributed by atoms with van der Waals surface area (Å²) in [6.45, 7) is 7.24. The lowest BCUT2D eigenvalue weighted by Crippen LogP contribution is -2.57. The Morgan fingerprint density at radius 3 is 2.67 bits per heavy atom. The summed E-state index contributed by atoms with van der Waals surface area (Å²) in [6.07, 6.45) is 1.35. The molecule has 0 amide bonds. The van der Waals surface area contributed by atoms with Crippen molar-refractivity contribution >= 4 is 5.97 Å². The van der Waals surface area contributed by atoms with Crippen molar-refractivity contribution < 1.29 is 9.90 Å². The van der Waals surface area contributed by atoms with Crippen LogP contribution < -0.4 is 0 Å². The maximum Gasteiger partial charge on any atom is 0.304 e. The normalized spacial score (nSPS) is 29.3. The summed E-state index contributed by atoms with van der Waals surface area (Å²) in [4.78, 5) is 15.4. The number of likely N-dealkylation sites (N-methyl/N-ethyl adjacent to an activating group) is 1. The van der Waals surface area contributed by atoms with Gasteiger partial charge in [-0.15, -0.1) is 0 Å². The van der Waals surface area contributed by atoms with Crippen LogP contribution in [0.3, 0.4) is 0 Å². The molecule has 0 bridgehead atoms.